The Morgan fingerprint density at radius 3 is 0.949 bits per heavy atom. The van der Waals surface area contributed by atoms with E-state index in [4.69, 9.17) is 53.6 Å². The molecule has 15 heterocycles. The minimum atomic E-state index is -0.750. The van der Waals surface area contributed by atoms with Crippen molar-refractivity contribution in [2.24, 2.45) is 0 Å². The van der Waals surface area contributed by atoms with Crippen LogP contribution in [0.2, 0.25) is 0 Å². The zero-order valence-corrected chi connectivity index (χ0v) is 80.7. The van der Waals surface area contributed by atoms with Crippen molar-refractivity contribution < 1.29 is 102 Å². The Morgan fingerprint density at radius 1 is 0.390 bits per heavy atom. The van der Waals surface area contributed by atoms with E-state index in [-0.39, 0.29) is 95.8 Å². The Labute approximate surface area is 803 Å². The lowest BCUT2D eigenvalue weighted by atomic mass is 10.1. The number of hydrogen-bond acceptors (Lipinski definition) is 35. The molecule has 0 aliphatic carbocycles. The van der Waals surface area contributed by atoms with Gasteiger partial charge in [-0.2, -0.15) is 8.42 Å². The molecule has 3 aromatic carbocycles. The normalized spacial score (nSPS) is 20.4. The highest BCUT2D eigenvalue weighted by molar-refractivity contribution is 7.51. The van der Waals surface area contributed by atoms with E-state index >= 15 is 0 Å². The van der Waals surface area contributed by atoms with Gasteiger partial charge >= 0.3 is 47.6 Å². The highest BCUT2D eigenvalue weighted by Gasteiger charge is 2.50. The van der Waals surface area contributed by atoms with Gasteiger partial charge in [-0.3, -0.25) is 24.4 Å². The third-order valence-electron chi connectivity index (χ3n) is 23.2. The van der Waals surface area contributed by atoms with E-state index in [0.29, 0.717) is 147 Å². The number of halogens is 2. The number of hydroxylamine groups is 1. The number of rotatable bonds is 16. The minimum Gasteiger partial charge on any atom is -1.00 e. The number of nitrogens with one attached hydrogen (secondary N) is 3. The van der Waals surface area contributed by atoms with E-state index < -0.39 is 40.3 Å². The van der Waals surface area contributed by atoms with Gasteiger partial charge in [-0.15, -0.1) is 0 Å². The molecule has 5 amide bonds. The van der Waals surface area contributed by atoms with Crippen LogP contribution in [0.15, 0.2) is 135 Å². The van der Waals surface area contributed by atoms with Crippen molar-refractivity contribution in [3.8, 4) is 0 Å². The molecule has 40 nitrogen and oxygen atoms in total. The lowest BCUT2D eigenvalue weighted by Gasteiger charge is -2.35. The molecule has 0 saturated carbocycles. The maximum atomic E-state index is 12.8. The number of anilines is 4. The molecule has 43 heteroatoms. The van der Waals surface area contributed by atoms with Gasteiger partial charge in [-0.05, 0) is 171 Å². The standard InChI is InChI=1S/C20H22N4O3.C18H19N5O3.C17H24N4O4.C12H16N4O2.C10H18N2O2.C8H7ClO.C8H10N2O2.ClH.O2S/c1-3-27-19(26)15-9-21-20(22-10-15)24-12-16-8-17(24)11-23(16)18(25)14-6-4-5-13(2)7-14;1-11-3-2-4-12(5-11)17(25)22-9-15-6-14(22)10-23(15)18-19-7-13(8-20-18)16(24)21-26;1-5-24-14(22)11-7-18-15(19-8-11)20-9-13-6-12(20)10-21(13)16(23)25-17(2,3)4;1-2-18-11(17)8-4-14-12(15-5-8)16-7-9-3-10(16)6-13-9;1-10(2,3)14-9(13)12-6-7-4-8(12)5-11-7;1-6-3-2-4-7(5-6)8(9)10;1-3-12-8(11)7-4-9-6(2)10-5-7;;1-3-2/h4-7,9-10,16-17H,3,8,11-12H2,1-2H3;2-5,7-8,14-15,26H,6,9-10H2,1H3,(H,21,24);7-8,12-13H,5-6,9-10H2,1-4H3;4-5,9-10,13H,2-3,6-7H2,1H3;7-8,11H,4-6H2,1-3H3;2-5H,1H3;4-5H,3H2,1-2H3;1H;/p-1/t16-,17-;14-,15-;12-,13-;9-,10-;7-,8-;;;;/m00000..../s1. The number of piperazine rings is 5. The fourth-order valence-corrected chi connectivity index (χ4v) is 17.2. The third kappa shape index (κ3) is 28.1. The number of amides is 5. The number of benzene rings is 3. The SMILES string of the molecule is CC(C)(C)OC(=O)N1C[C@@H]2C[C@H]1CN2.CCOC(=O)c1cnc(C)nc1.CCOC(=O)c1cnc(N2C[C@@H]3C[C@H]2CN3)nc1.CCOC(=O)c1cnc(N2C[C@@H]3C[C@H]2CN3C(=O)OC(C)(C)C)nc1.CCOC(=O)c1cnc(N2C[C@@H]3C[C@H]2CN3C(=O)c2cccc(C)c2)nc1.Cc1cccc(C(=O)Cl)c1.Cc1cccc(C(=O)N2C[C@@H]3C[C@H]2CN3c2ncc(C(=O)NO)cn2)c1.O=S=O.[Cl-]. The Hall–Kier alpha value is -13.0. The summed E-state index contributed by atoms with van der Waals surface area (Å²) in [5.41, 5.74) is 7.58. The van der Waals surface area contributed by atoms with Crippen LogP contribution in [0.25, 0.3) is 0 Å². The summed E-state index contributed by atoms with van der Waals surface area (Å²) in [6.07, 6.45) is 19.2. The topological polar surface area (TPSA) is 471 Å². The summed E-state index contributed by atoms with van der Waals surface area (Å²) in [6, 6.07) is 25.4. The van der Waals surface area contributed by atoms with Gasteiger partial charge in [0.05, 0.1) is 90.5 Å². The summed E-state index contributed by atoms with van der Waals surface area (Å²) in [6.45, 7) is 35.0. The van der Waals surface area contributed by atoms with Crippen LogP contribution in [0, 0.1) is 27.7 Å². The van der Waals surface area contributed by atoms with E-state index in [0.717, 1.165) is 86.1 Å². The molecule has 5 aromatic heterocycles. The van der Waals surface area contributed by atoms with Crippen LogP contribution in [-0.2, 0) is 40.0 Å². The summed E-state index contributed by atoms with van der Waals surface area (Å²) in [7, 11) is 0. The largest absolute Gasteiger partial charge is 1.00 e. The molecular formula is C93H116Cl2N21O19S-. The summed E-state index contributed by atoms with van der Waals surface area (Å²) < 4.78 is 46.9. The lowest BCUT2D eigenvalue weighted by molar-refractivity contribution is -0.000199. The molecule has 4 N–H and O–H groups in total. The van der Waals surface area contributed by atoms with Crippen LogP contribution in [0.1, 0.15) is 207 Å². The van der Waals surface area contributed by atoms with Crippen LogP contribution in [0.5, 0.6) is 0 Å². The zero-order valence-electron chi connectivity index (χ0n) is 78.4. The lowest BCUT2D eigenvalue weighted by Crippen LogP contribution is -3.00. The summed E-state index contributed by atoms with van der Waals surface area (Å²) >= 11 is 4.49. The van der Waals surface area contributed by atoms with E-state index in [1.54, 1.807) is 69.5 Å². The molecule has 728 valence electrons. The van der Waals surface area contributed by atoms with Gasteiger partial charge < -0.3 is 90.7 Å². The van der Waals surface area contributed by atoms with E-state index in [2.05, 4.69) is 80.1 Å². The minimum absolute atomic E-state index is 0. The number of esters is 4. The molecular weight excluding hydrogens is 1820 g/mol. The maximum Gasteiger partial charge on any atom is 0.410 e. The molecule has 10 aliphatic rings. The number of aryl methyl sites for hydroxylation is 4. The predicted molar refractivity (Wildman–Crippen MR) is 495 cm³/mol. The average Bonchev–Trinajstić information content (AvgIpc) is 1.64. The Bertz CT molecular complexity index is 5500. The van der Waals surface area contributed by atoms with Gasteiger partial charge in [0.15, 0.2) is 0 Å². The predicted octanol–water partition coefficient (Wildman–Crippen LogP) is 5.76. The van der Waals surface area contributed by atoms with Crippen LogP contribution in [0.3, 0.4) is 0 Å². The Kier molecular flexibility index (Phi) is 37.5. The fraction of sp³-hybridized carbons (Fsp3) is 0.484. The second-order valence-corrected chi connectivity index (χ2v) is 35.8. The van der Waals surface area contributed by atoms with E-state index in [9.17, 15) is 47.9 Å². The molecule has 0 radical (unpaired) electrons. The van der Waals surface area contributed by atoms with Crippen LogP contribution in [-0.4, -0.2) is 306 Å². The van der Waals surface area contributed by atoms with Gasteiger partial charge in [-0.1, -0.05) is 59.2 Å². The van der Waals surface area contributed by atoms with E-state index in [1.165, 1.54) is 49.6 Å². The molecule has 0 unspecified atom stereocenters. The molecule has 8 aromatic rings. The fourth-order valence-electron chi connectivity index (χ4n) is 17.1. The maximum absolute atomic E-state index is 12.8. The van der Waals surface area contributed by atoms with Crippen molar-refractivity contribution >= 4 is 106 Å². The quantitative estimate of drug-likeness (QED) is 0.0293. The van der Waals surface area contributed by atoms with Gasteiger partial charge in [0.2, 0.25) is 23.8 Å². The molecule has 10 saturated heterocycles. The summed E-state index contributed by atoms with van der Waals surface area (Å²) in [5.74, 6) is 0.981. The highest BCUT2D eigenvalue weighted by atomic mass is 35.5. The van der Waals surface area contributed by atoms with Crippen LogP contribution >= 0.6 is 11.6 Å². The molecule has 10 bridgehead atoms. The smallest absolute Gasteiger partial charge is 0.410 e. The summed E-state index contributed by atoms with van der Waals surface area (Å²) in [4.78, 5) is 175. The van der Waals surface area contributed by atoms with Crippen LogP contribution in [0.4, 0.5) is 33.4 Å². The number of likely N-dealkylation sites (tertiary alicyclic amines) is 4. The average molecular weight is 1940 g/mol. The second kappa shape index (κ2) is 48.5. The van der Waals surface area contributed by atoms with Crippen molar-refractivity contribution in [1.29, 1.82) is 0 Å². The Morgan fingerprint density at radius 2 is 0.684 bits per heavy atom. The number of nitrogens with zero attached hydrogens (tertiary/aromatic N) is 18. The van der Waals surface area contributed by atoms with Crippen molar-refractivity contribution in [3.63, 3.8) is 0 Å². The first-order chi connectivity index (χ1) is 64.5. The molecule has 10 aliphatic heterocycles. The van der Waals surface area contributed by atoms with Gasteiger partial charge in [0.25, 0.3) is 23.0 Å². The number of ether oxygens (including phenoxy) is 6. The molecule has 136 heavy (non-hydrogen) atoms. The molecule has 0 spiro atoms. The second-order valence-electron chi connectivity index (χ2n) is 35.3. The Balaban J connectivity index is 0.000000167. The van der Waals surface area contributed by atoms with Crippen molar-refractivity contribution in [2.45, 2.75) is 201 Å². The number of aromatic nitrogens is 10. The third-order valence-corrected chi connectivity index (χ3v) is 23.4. The number of fused-ring (bicyclic) bond motifs is 10. The molecule has 18 rings (SSSR count). The van der Waals surface area contributed by atoms with Crippen molar-refractivity contribution in [1.82, 2.24) is 85.6 Å². The first-order valence-electron chi connectivity index (χ1n) is 44.7. The molecule has 10 atom stereocenters. The van der Waals surface area contributed by atoms with Crippen LogP contribution < -0.4 is 48.1 Å². The van der Waals surface area contributed by atoms with Gasteiger partial charge in [-0.25, -0.2) is 84.1 Å². The first kappa shape index (κ1) is 105. The molecule has 10 fully saturated rings. The van der Waals surface area contributed by atoms with Gasteiger partial charge in [0.1, 0.15) is 17.0 Å². The highest BCUT2D eigenvalue weighted by Crippen LogP contribution is 2.38. The monoisotopic (exact) mass is 1930 g/mol. The summed E-state index contributed by atoms with van der Waals surface area (Å²) in [5, 5.41) is 15.0. The zero-order chi connectivity index (χ0) is 97.5. The first-order valence-corrected chi connectivity index (χ1v) is 45.7. The van der Waals surface area contributed by atoms with E-state index in [1.807, 2.05) is 138 Å². The van der Waals surface area contributed by atoms with Crippen molar-refractivity contribution in [3.05, 3.63) is 202 Å². The van der Waals surface area contributed by atoms with Gasteiger partial charge in [0, 0.05) is 168 Å². The number of carbonyl (C=O) groups excluding carboxylic acids is 10. The number of hydrogen-bond donors (Lipinski definition) is 4. The number of carbonyl (C=O) groups is 10. The van der Waals surface area contributed by atoms with Crippen molar-refractivity contribution in [2.75, 3.05) is 111 Å².